The molecule has 88 valence electrons. The maximum absolute atomic E-state index is 13.3. The Morgan fingerprint density at radius 3 is 2.62 bits per heavy atom. The molecule has 0 fully saturated rings. The van der Waals surface area contributed by atoms with Crippen LogP contribution in [0.5, 0.6) is 5.75 Å². The number of carbonyl (C=O) groups is 1. The van der Waals surface area contributed by atoms with Crippen LogP contribution >= 0.6 is 15.9 Å². The first-order valence-electron chi connectivity index (χ1n) is 4.79. The molecule has 0 aliphatic heterocycles. The molecule has 0 aromatic heterocycles. The lowest BCUT2D eigenvalue weighted by atomic mass is 10.2. The van der Waals surface area contributed by atoms with E-state index in [1.54, 1.807) is 0 Å². The lowest BCUT2D eigenvalue weighted by molar-refractivity contribution is 0.0942. The fourth-order valence-electron chi connectivity index (χ4n) is 1.20. The summed E-state index contributed by atoms with van der Waals surface area (Å²) in [6, 6.07) is 2.61. The Morgan fingerprint density at radius 1 is 1.50 bits per heavy atom. The minimum Gasteiger partial charge on any atom is -0.494 e. The molecule has 0 unspecified atom stereocenters. The molecule has 16 heavy (non-hydrogen) atoms. The summed E-state index contributed by atoms with van der Waals surface area (Å²) in [5.74, 6) is -0.715. The van der Waals surface area contributed by atoms with Crippen molar-refractivity contribution in [1.82, 2.24) is 5.32 Å². The van der Waals surface area contributed by atoms with Gasteiger partial charge in [0.25, 0.3) is 5.91 Å². The SMILES string of the molecule is COc1cc(C(=O)NC(C)C)c(Br)cc1F. The van der Waals surface area contributed by atoms with Gasteiger partial charge in [0.1, 0.15) is 0 Å². The number of hydrogen-bond donors (Lipinski definition) is 1. The van der Waals surface area contributed by atoms with Crippen LogP contribution in [0.1, 0.15) is 24.2 Å². The van der Waals surface area contributed by atoms with E-state index in [4.69, 9.17) is 4.74 Å². The normalized spacial score (nSPS) is 10.4. The van der Waals surface area contributed by atoms with Gasteiger partial charge in [0.2, 0.25) is 0 Å². The van der Waals surface area contributed by atoms with E-state index in [9.17, 15) is 9.18 Å². The second-order valence-electron chi connectivity index (χ2n) is 3.59. The number of nitrogens with one attached hydrogen (secondary N) is 1. The first kappa shape index (κ1) is 13.0. The Kier molecular flexibility index (Phi) is 4.29. The maximum atomic E-state index is 13.3. The topological polar surface area (TPSA) is 38.3 Å². The van der Waals surface area contributed by atoms with Crippen molar-refractivity contribution in [2.45, 2.75) is 19.9 Å². The Hall–Kier alpha value is -1.10. The Labute approximate surface area is 102 Å². The zero-order valence-electron chi connectivity index (χ0n) is 9.30. The zero-order chi connectivity index (χ0) is 12.3. The average Bonchev–Trinajstić information content (AvgIpc) is 2.16. The average molecular weight is 290 g/mol. The van der Waals surface area contributed by atoms with Gasteiger partial charge in [-0.15, -0.1) is 0 Å². The molecule has 0 heterocycles. The highest BCUT2D eigenvalue weighted by atomic mass is 79.9. The van der Waals surface area contributed by atoms with E-state index in [0.717, 1.165) is 0 Å². The number of halogens is 2. The fraction of sp³-hybridized carbons (Fsp3) is 0.364. The summed E-state index contributed by atoms with van der Waals surface area (Å²) in [5.41, 5.74) is 0.354. The number of benzene rings is 1. The quantitative estimate of drug-likeness (QED) is 0.929. The van der Waals surface area contributed by atoms with Crippen molar-refractivity contribution in [2.24, 2.45) is 0 Å². The standard InChI is InChI=1S/C11H13BrFNO2/c1-6(2)14-11(15)7-4-10(16-3)9(13)5-8(7)12/h4-6H,1-3H3,(H,14,15). The molecule has 1 amide bonds. The van der Waals surface area contributed by atoms with E-state index in [-0.39, 0.29) is 17.7 Å². The Morgan fingerprint density at radius 2 is 2.12 bits per heavy atom. The minimum atomic E-state index is -0.504. The highest BCUT2D eigenvalue weighted by Gasteiger charge is 2.15. The van der Waals surface area contributed by atoms with Crippen LogP contribution < -0.4 is 10.1 Å². The number of amides is 1. The summed E-state index contributed by atoms with van der Waals surface area (Å²) in [6.45, 7) is 3.71. The molecule has 0 saturated heterocycles. The van der Waals surface area contributed by atoms with E-state index >= 15 is 0 Å². The molecule has 3 nitrogen and oxygen atoms in total. The van der Waals surface area contributed by atoms with Crippen LogP contribution in [0.2, 0.25) is 0 Å². The molecule has 1 aromatic rings. The molecule has 1 aromatic carbocycles. The predicted octanol–water partition coefficient (Wildman–Crippen LogP) is 2.74. The van der Waals surface area contributed by atoms with Gasteiger partial charge in [-0.1, -0.05) is 0 Å². The third-order valence-electron chi connectivity index (χ3n) is 1.91. The van der Waals surface area contributed by atoms with Gasteiger partial charge in [0.15, 0.2) is 11.6 Å². The third-order valence-corrected chi connectivity index (χ3v) is 2.56. The lowest BCUT2D eigenvalue weighted by Crippen LogP contribution is -2.30. The zero-order valence-corrected chi connectivity index (χ0v) is 10.9. The summed E-state index contributed by atoms with van der Waals surface area (Å²) < 4.78 is 18.5. The molecule has 1 rings (SSSR count). The molecular weight excluding hydrogens is 277 g/mol. The van der Waals surface area contributed by atoms with Crippen molar-refractivity contribution in [3.8, 4) is 5.75 Å². The maximum Gasteiger partial charge on any atom is 0.252 e. The van der Waals surface area contributed by atoms with Gasteiger partial charge < -0.3 is 10.1 Å². The molecule has 0 aliphatic rings. The van der Waals surface area contributed by atoms with Crippen molar-refractivity contribution >= 4 is 21.8 Å². The smallest absolute Gasteiger partial charge is 0.252 e. The fourth-order valence-corrected chi connectivity index (χ4v) is 1.69. The van der Waals surface area contributed by atoms with Crippen LogP contribution in [0.25, 0.3) is 0 Å². The van der Waals surface area contributed by atoms with Gasteiger partial charge in [-0.3, -0.25) is 4.79 Å². The van der Waals surface area contributed by atoms with Crippen LogP contribution in [0.15, 0.2) is 16.6 Å². The van der Waals surface area contributed by atoms with Crippen molar-refractivity contribution in [3.63, 3.8) is 0 Å². The molecule has 0 aliphatic carbocycles. The van der Waals surface area contributed by atoms with Crippen LogP contribution in [-0.4, -0.2) is 19.1 Å². The summed E-state index contributed by atoms with van der Waals surface area (Å²) >= 11 is 3.14. The minimum absolute atomic E-state index is 0.0236. The Balaban J connectivity index is 3.08. The van der Waals surface area contributed by atoms with Crippen LogP contribution in [0.4, 0.5) is 4.39 Å². The molecule has 1 N–H and O–H groups in total. The van der Waals surface area contributed by atoms with Gasteiger partial charge in [-0.2, -0.15) is 0 Å². The molecule has 5 heteroatoms. The van der Waals surface area contributed by atoms with Crippen LogP contribution in [-0.2, 0) is 0 Å². The highest BCUT2D eigenvalue weighted by molar-refractivity contribution is 9.10. The van der Waals surface area contributed by atoms with Crippen molar-refractivity contribution in [3.05, 3.63) is 28.0 Å². The number of carbonyl (C=O) groups excluding carboxylic acids is 1. The van der Waals surface area contributed by atoms with Crippen LogP contribution in [0.3, 0.4) is 0 Å². The third kappa shape index (κ3) is 2.95. The molecule has 0 bridgehead atoms. The number of hydrogen-bond acceptors (Lipinski definition) is 2. The monoisotopic (exact) mass is 289 g/mol. The highest BCUT2D eigenvalue weighted by Crippen LogP contribution is 2.26. The van der Waals surface area contributed by atoms with E-state index in [1.165, 1.54) is 19.2 Å². The molecule has 0 radical (unpaired) electrons. The first-order chi connectivity index (χ1) is 7.45. The molecule has 0 saturated carbocycles. The van der Waals surface area contributed by atoms with Gasteiger partial charge in [0.05, 0.1) is 12.7 Å². The number of ether oxygens (including phenoxy) is 1. The lowest BCUT2D eigenvalue weighted by Gasteiger charge is -2.11. The number of methoxy groups -OCH3 is 1. The number of rotatable bonds is 3. The van der Waals surface area contributed by atoms with Gasteiger partial charge in [-0.25, -0.2) is 4.39 Å². The van der Waals surface area contributed by atoms with E-state index in [2.05, 4.69) is 21.2 Å². The largest absolute Gasteiger partial charge is 0.494 e. The summed E-state index contributed by atoms with van der Waals surface area (Å²) in [5, 5.41) is 2.72. The predicted molar refractivity (Wildman–Crippen MR) is 63.3 cm³/mol. The summed E-state index contributed by atoms with van der Waals surface area (Å²) in [4.78, 5) is 11.7. The van der Waals surface area contributed by atoms with Crippen LogP contribution in [0, 0.1) is 5.82 Å². The van der Waals surface area contributed by atoms with Crippen molar-refractivity contribution in [2.75, 3.05) is 7.11 Å². The van der Waals surface area contributed by atoms with E-state index in [1.807, 2.05) is 13.8 Å². The van der Waals surface area contributed by atoms with Gasteiger partial charge in [-0.05, 0) is 41.9 Å². The second-order valence-corrected chi connectivity index (χ2v) is 4.45. The summed E-state index contributed by atoms with van der Waals surface area (Å²) in [7, 11) is 1.36. The summed E-state index contributed by atoms with van der Waals surface area (Å²) in [6.07, 6.45) is 0. The first-order valence-corrected chi connectivity index (χ1v) is 5.59. The van der Waals surface area contributed by atoms with Gasteiger partial charge >= 0.3 is 0 Å². The van der Waals surface area contributed by atoms with Crippen molar-refractivity contribution < 1.29 is 13.9 Å². The molecule has 0 spiro atoms. The van der Waals surface area contributed by atoms with Gasteiger partial charge in [0, 0.05) is 10.5 Å². The molecule has 0 atom stereocenters. The second kappa shape index (κ2) is 5.30. The molecular formula is C11H13BrFNO2. The Bertz CT molecular complexity index is 407. The van der Waals surface area contributed by atoms with E-state index < -0.39 is 5.82 Å². The van der Waals surface area contributed by atoms with E-state index in [0.29, 0.717) is 10.0 Å². The van der Waals surface area contributed by atoms with Crippen molar-refractivity contribution in [1.29, 1.82) is 0 Å².